The molecule has 0 spiro atoms. The number of rotatable bonds is 7. The number of hydrogen-bond donors (Lipinski definition) is 3. The van der Waals surface area contributed by atoms with Crippen molar-refractivity contribution in [3.05, 3.63) is 35.0 Å². The maximum atomic E-state index is 12.1. The van der Waals surface area contributed by atoms with Gasteiger partial charge in [0.25, 0.3) is 0 Å². The van der Waals surface area contributed by atoms with Gasteiger partial charge in [0.15, 0.2) is 0 Å². The van der Waals surface area contributed by atoms with Gasteiger partial charge in [0.1, 0.15) is 11.6 Å². The van der Waals surface area contributed by atoms with E-state index in [0.717, 1.165) is 24.6 Å². The van der Waals surface area contributed by atoms with E-state index in [4.69, 9.17) is 21.1 Å². The highest BCUT2D eigenvalue weighted by molar-refractivity contribution is 6.31. The first-order chi connectivity index (χ1) is 14.0. The molecule has 1 saturated heterocycles. The van der Waals surface area contributed by atoms with Crippen molar-refractivity contribution in [3.8, 4) is 5.75 Å². The van der Waals surface area contributed by atoms with Crippen molar-refractivity contribution in [2.24, 2.45) is 0 Å². The third-order valence-electron chi connectivity index (χ3n) is 4.28. The number of benzene rings is 1. The molecule has 0 bridgehead atoms. The van der Waals surface area contributed by atoms with Gasteiger partial charge >= 0.3 is 6.03 Å². The van der Waals surface area contributed by atoms with Gasteiger partial charge in [-0.25, -0.2) is 9.78 Å². The number of amides is 2. The minimum Gasteiger partial charge on any atom is -0.495 e. The molecule has 3 rings (SSSR count). The Kier molecular flexibility index (Phi) is 7.31. The quantitative estimate of drug-likeness (QED) is 0.591. The summed E-state index contributed by atoms with van der Waals surface area (Å²) < 4.78 is 10.6. The first kappa shape index (κ1) is 20.9. The molecule has 156 valence electrons. The predicted molar refractivity (Wildman–Crippen MR) is 113 cm³/mol. The SMILES string of the molecule is COc1ccc(Cl)cc1NC(=O)NCCNc1nc(C)cc(N2CCOCC2)n1. The number of urea groups is 1. The standard InChI is InChI=1S/C19H25ClN6O3/c1-13-11-17(26-7-9-29-10-8-26)25-18(23-13)21-5-6-22-19(27)24-15-12-14(20)3-4-16(15)28-2/h3-4,11-12H,5-10H2,1-2H3,(H,21,23,25)(H2,22,24,27). The van der Waals surface area contributed by atoms with Crippen molar-refractivity contribution >= 4 is 35.1 Å². The van der Waals surface area contributed by atoms with E-state index in [1.807, 2.05) is 13.0 Å². The largest absolute Gasteiger partial charge is 0.495 e. The zero-order valence-corrected chi connectivity index (χ0v) is 17.3. The van der Waals surface area contributed by atoms with Crippen molar-refractivity contribution in [1.29, 1.82) is 0 Å². The second-order valence-electron chi connectivity index (χ2n) is 6.44. The van der Waals surface area contributed by atoms with Gasteiger partial charge in [-0.2, -0.15) is 4.98 Å². The average Bonchev–Trinajstić information content (AvgIpc) is 2.72. The Morgan fingerprint density at radius 2 is 2.03 bits per heavy atom. The van der Waals surface area contributed by atoms with E-state index in [2.05, 4.69) is 30.8 Å². The first-order valence-electron chi connectivity index (χ1n) is 9.36. The van der Waals surface area contributed by atoms with Crippen LogP contribution in [0.25, 0.3) is 0 Å². The van der Waals surface area contributed by atoms with Crippen LogP contribution in [0.5, 0.6) is 5.75 Å². The number of halogens is 1. The topological polar surface area (TPSA) is 101 Å². The summed E-state index contributed by atoms with van der Waals surface area (Å²) in [6, 6.07) is 6.62. The molecule has 0 unspecified atom stereocenters. The van der Waals surface area contributed by atoms with Crippen molar-refractivity contribution in [2.45, 2.75) is 6.92 Å². The maximum Gasteiger partial charge on any atom is 0.319 e. The third kappa shape index (κ3) is 6.10. The van der Waals surface area contributed by atoms with E-state index in [1.54, 1.807) is 18.2 Å². The van der Waals surface area contributed by atoms with Gasteiger partial charge in [-0.1, -0.05) is 11.6 Å². The zero-order chi connectivity index (χ0) is 20.6. The van der Waals surface area contributed by atoms with Crippen LogP contribution in [0, 0.1) is 6.92 Å². The van der Waals surface area contributed by atoms with E-state index < -0.39 is 0 Å². The summed E-state index contributed by atoms with van der Waals surface area (Å²) in [4.78, 5) is 23.3. The van der Waals surface area contributed by atoms with Gasteiger partial charge < -0.3 is 30.3 Å². The lowest BCUT2D eigenvalue weighted by Gasteiger charge is -2.28. The van der Waals surface area contributed by atoms with Crippen LogP contribution in [-0.4, -0.2) is 62.5 Å². The molecule has 1 aromatic heterocycles. The number of anilines is 3. The fraction of sp³-hybridized carbons (Fsp3) is 0.421. The molecule has 1 aliphatic heterocycles. The van der Waals surface area contributed by atoms with Gasteiger partial charge in [0.05, 0.1) is 26.0 Å². The van der Waals surface area contributed by atoms with E-state index in [-0.39, 0.29) is 6.03 Å². The minimum atomic E-state index is -0.355. The predicted octanol–water partition coefficient (Wildman–Crippen LogP) is 2.52. The van der Waals surface area contributed by atoms with Crippen LogP contribution in [0.1, 0.15) is 5.69 Å². The number of nitrogens with zero attached hydrogens (tertiary/aromatic N) is 3. The minimum absolute atomic E-state index is 0.355. The van der Waals surface area contributed by atoms with Crippen LogP contribution in [0.2, 0.25) is 5.02 Å². The van der Waals surface area contributed by atoms with E-state index >= 15 is 0 Å². The van der Waals surface area contributed by atoms with Gasteiger partial charge in [0, 0.05) is 43.0 Å². The van der Waals surface area contributed by atoms with E-state index in [0.29, 0.717) is 48.7 Å². The normalized spacial score (nSPS) is 13.7. The number of aryl methyl sites for hydroxylation is 1. The maximum absolute atomic E-state index is 12.1. The van der Waals surface area contributed by atoms with Crippen LogP contribution in [0.15, 0.2) is 24.3 Å². The molecule has 0 atom stereocenters. The third-order valence-corrected chi connectivity index (χ3v) is 4.51. The van der Waals surface area contributed by atoms with Crippen LogP contribution >= 0.6 is 11.6 Å². The van der Waals surface area contributed by atoms with Crippen molar-refractivity contribution in [1.82, 2.24) is 15.3 Å². The molecule has 1 aliphatic rings. The van der Waals surface area contributed by atoms with Gasteiger partial charge in [-0.15, -0.1) is 0 Å². The Morgan fingerprint density at radius 3 is 2.79 bits per heavy atom. The molecule has 1 fully saturated rings. The van der Waals surface area contributed by atoms with Crippen LogP contribution in [-0.2, 0) is 4.74 Å². The van der Waals surface area contributed by atoms with Crippen LogP contribution in [0.4, 0.5) is 22.2 Å². The number of aromatic nitrogens is 2. The number of carbonyl (C=O) groups excluding carboxylic acids is 1. The molecular formula is C19H25ClN6O3. The summed E-state index contributed by atoms with van der Waals surface area (Å²) in [5.41, 5.74) is 1.38. The fourth-order valence-corrected chi connectivity index (χ4v) is 3.05. The summed E-state index contributed by atoms with van der Waals surface area (Å²) in [6.45, 7) is 5.81. The Balaban J connectivity index is 1.48. The molecule has 0 radical (unpaired) electrons. The van der Waals surface area contributed by atoms with Crippen molar-refractivity contribution < 1.29 is 14.3 Å². The highest BCUT2D eigenvalue weighted by atomic mass is 35.5. The Hall–Kier alpha value is -2.78. The highest BCUT2D eigenvalue weighted by Gasteiger charge is 2.14. The fourth-order valence-electron chi connectivity index (χ4n) is 2.88. The molecule has 29 heavy (non-hydrogen) atoms. The summed E-state index contributed by atoms with van der Waals surface area (Å²) in [7, 11) is 1.53. The number of hydrogen-bond acceptors (Lipinski definition) is 7. The Labute approximate surface area is 174 Å². The Bertz CT molecular complexity index is 845. The smallest absolute Gasteiger partial charge is 0.319 e. The molecule has 10 heteroatoms. The molecule has 3 N–H and O–H groups in total. The number of methoxy groups -OCH3 is 1. The second-order valence-corrected chi connectivity index (χ2v) is 6.88. The molecule has 1 aromatic carbocycles. The summed E-state index contributed by atoms with van der Waals surface area (Å²) in [6.07, 6.45) is 0. The lowest BCUT2D eigenvalue weighted by Crippen LogP contribution is -2.37. The number of carbonyl (C=O) groups is 1. The van der Waals surface area contributed by atoms with Crippen molar-refractivity contribution in [3.63, 3.8) is 0 Å². The monoisotopic (exact) mass is 420 g/mol. The molecule has 9 nitrogen and oxygen atoms in total. The van der Waals surface area contributed by atoms with E-state index in [9.17, 15) is 4.79 Å². The molecule has 0 aliphatic carbocycles. The summed E-state index contributed by atoms with van der Waals surface area (Å²) in [5, 5.41) is 9.15. The molecule has 2 heterocycles. The van der Waals surface area contributed by atoms with Gasteiger partial charge in [-0.05, 0) is 25.1 Å². The molecule has 2 aromatic rings. The second kappa shape index (κ2) is 10.1. The lowest BCUT2D eigenvalue weighted by molar-refractivity contribution is 0.122. The van der Waals surface area contributed by atoms with Gasteiger partial charge in [-0.3, -0.25) is 0 Å². The number of morpholine rings is 1. The molecule has 0 saturated carbocycles. The number of nitrogens with one attached hydrogen (secondary N) is 3. The van der Waals surface area contributed by atoms with Crippen LogP contribution < -0.4 is 25.6 Å². The number of ether oxygens (including phenoxy) is 2. The average molecular weight is 421 g/mol. The van der Waals surface area contributed by atoms with Gasteiger partial charge in [0.2, 0.25) is 5.95 Å². The lowest BCUT2D eigenvalue weighted by atomic mass is 10.3. The summed E-state index contributed by atoms with van der Waals surface area (Å²) in [5.74, 6) is 1.94. The molecular weight excluding hydrogens is 396 g/mol. The molecule has 2 amide bonds. The van der Waals surface area contributed by atoms with Crippen molar-refractivity contribution in [2.75, 3.05) is 62.0 Å². The van der Waals surface area contributed by atoms with E-state index in [1.165, 1.54) is 7.11 Å². The zero-order valence-electron chi connectivity index (χ0n) is 16.5. The first-order valence-corrected chi connectivity index (χ1v) is 9.73. The van der Waals surface area contributed by atoms with Crippen LogP contribution in [0.3, 0.4) is 0 Å². The Morgan fingerprint density at radius 1 is 1.24 bits per heavy atom. The highest BCUT2D eigenvalue weighted by Crippen LogP contribution is 2.27. The summed E-state index contributed by atoms with van der Waals surface area (Å²) >= 11 is 5.97.